The Balaban J connectivity index is 2.01. The maximum Gasteiger partial charge on any atom is 0.367 e. The van der Waals surface area contributed by atoms with E-state index in [1.54, 1.807) is 5.38 Å². The van der Waals surface area contributed by atoms with E-state index in [0.717, 1.165) is 0 Å². The Morgan fingerprint density at radius 1 is 1.53 bits per heavy atom. The molecule has 0 spiro atoms. The summed E-state index contributed by atoms with van der Waals surface area (Å²) in [6.45, 7) is -0.137. The van der Waals surface area contributed by atoms with Gasteiger partial charge in [-0.1, -0.05) is 17.7 Å². The zero-order valence-corrected chi connectivity index (χ0v) is 10.1. The Bertz CT molecular complexity index is 530. The van der Waals surface area contributed by atoms with Crippen LogP contribution >= 0.6 is 22.9 Å². The second-order valence-corrected chi connectivity index (χ2v) is 4.48. The normalized spacial score (nSPS) is 10.2. The highest BCUT2D eigenvalue weighted by Gasteiger charge is 2.11. The fourth-order valence-electron chi connectivity index (χ4n) is 1.17. The largest absolute Gasteiger partial charge is 0.455 e. The number of aromatic nitrogens is 1. The van der Waals surface area contributed by atoms with Gasteiger partial charge in [-0.25, -0.2) is 14.2 Å². The van der Waals surface area contributed by atoms with E-state index in [1.807, 2.05) is 0 Å². The number of carbonyl (C=O) groups is 1. The number of benzene rings is 1. The molecule has 0 unspecified atom stereocenters. The van der Waals surface area contributed by atoms with E-state index in [0.29, 0.717) is 5.02 Å². The number of ether oxygens (including phenoxy) is 1. The fourth-order valence-corrected chi connectivity index (χ4v) is 1.85. The summed E-state index contributed by atoms with van der Waals surface area (Å²) in [5, 5.41) is 2.22. The monoisotopic (exact) mass is 271 g/mol. The molecule has 88 valence electrons. The molecule has 2 aromatic rings. The lowest BCUT2D eigenvalue weighted by Crippen LogP contribution is -2.05. The first-order valence-corrected chi connectivity index (χ1v) is 5.93. The van der Waals surface area contributed by atoms with Crippen LogP contribution in [0.3, 0.4) is 0 Å². The van der Waals surface area contributed by atoms with Gasteiger partial charge in [0.15, 0.2) is 0 Å². The molecule has 0 aliphatic rings. The molecule has 6 heteroatoms. The summed E-state index contributed by atoms with van der Waals surface area (Å²) in [5.74, 6) is -1.06. The van der Waals surface area contributed by atoms with Crippen LogP contribution in [-0.4, -0.2) is 11.0 Å². The summed E-state index contributed by atoms with van der Waals surface area (Å²) in [6.07, 6.45) is 1.50. The number of carbonyl (C=O) groups excluding carboxylic acids is 1. The van der Waals surface area contributed by atoms with Crippen molar-refractivity contribution in [2.45, 2.75) is 6.61 Å². The third-order valence-corrected chi connectivity index (χ3v) is 2.97. The number of rotatable bonds is 3. The highest BCUT2D eigenvalue weighted by Crippen LogP contribution is 2.16. The lowest BCUT2D eigenvalue weighted by molar-refractivity contribution is 0.0468. The molecular weight excluding hydrogens is 265 g/mol. The predicted molar refractivity (Wildman–Crippen MR) is 62.6 cm³/mol. The highest BCUT2D eigenvalue weighted by molar-refractivity contribution is 7.11. The lowest BCUT2D eigenvalue weighted by Gasteiger charge is -2.04. The van der Waals surface area contributed by atoms with Gasteiger partial charge >= 0.3 is 5.97 Å². The number of esters is 1. The van der Waals surface area contributed by atoms with Gasteiger partial charge in [-0.15, -0.1) is 11.3 Å². The van der Waals surface area contributed by atoms with Gasteiger partial charge in [-0.2, -0.15) is 0 Å². The van der Waals surface area contributed by atoms with E-state index in [1.165, 1.54) is 35.7 Å². The van der Waals surface area contributed by atoms with Gasteiger partial charge < -0.3 is 4.74 Å². The summed E-state index contributed by atoms with van der Waals surface area (Å²) < 4.78 is 18.3. The number of hydrogen-bond acceptors (Lipinski definition) is 4. The van der Waals surface area contributed by atoms with Gasteiger partial charge in [0.2, 0.25) is 5.01 Å². The number of halogens is 2. The minimum absolute atomic E-state index is 0.137. The second kappa shape index (κ2) is 5.25. The van der Waals surface area contributed by atoms with Crippen molar-refractivity contribution >= 4 is 28.9 Å². The zero-order valence-electron chi connectivity index (χ0n) is 8.52. The molecule has 0 atom stereocenters. The SMILES string of the molecule is O=C(OCc1ccc(Cl)cc1F)c1nccs1. The molecule has 0 fully saturated rings. The van der Waals surface area contributed by atoms with Gasteiger partial charge in [-0.05, 0) is 12.1 Å². The van der Waals surface area contributed by atoms with Crippen molar-refractivity contribution in [3.63, 3.8) is 0 Å². The molecule has 1 aromatic carbocycles. The van der Waals surface area contributed by atoms with E-state index in [2.05, 4.69) is 4.98 Å². The van der Waals surface area contributed by atoms with Crippen LogP contribution < -0.4 is 0 Å². The van der Waals surface area contributed by atoms with Crippen LogP contribution in [0, 0.1) is 5.82 Å². The van der Waals surface area contributed by atoms with E-state index in [-0.39, 0.29) is 17.2 Å². The molecule has 0 aliphatic heterocycles. The van der Waals surface area contributed by atoms with Crippen molar-refractivity contribution in [1.29, 1.82) is 0 Å². The molecule has 17 heavy (non-hydrogen) atoms. The molecule has 0 radical (unpaired) electrons. The molecule has 0 amide bonds. The Hall–Kier alpha value is -1.46. The fraction of sp³-hybridized carbons (Fsp3) is 0.0909. The van der Waals surface area contributed by atoms with Crippen molar-refractivity contribution in [1.82, 2.24) is 4.98 Å². The molecule has 0 saturated heterocycles. The van der Waals surface area contributed by atoms with Crippen LogP contribution in [0.2, 0.25) is 5.02 Å². The summed E-state index contributed by atoms with van der Waals surface area (Å²) in [4.78, 5) is 15.2. The van der Waals surface area contributed by atoms with Gasteiger partial charge in [0, 0.05) is 22.2 Å². The van der Waals surface area contributed by atoms with E-state index < -0.39 is 11.8 Å². The van der Waals surface area contributed by atoms with Gasteiger partial charge in [0.05, 0.1) is 0 Å². The topological polar surface area (TPSA) is 39.2 Å². The van der Waals surface area contributed by atoms with E-state index >= 15 is 0 Å². The molecule has 0 aliphatic carbocycles. The molecule has 1 aromatic heterocycles. The quantitative estimate of drug-likeness (QED) is 0.804. The smallest absolute Gasteiger partial charge is 0.367 e. The molecular formula is C11H7ClFNO2S. The maximum absolute atomic E-state index is 13.4. The zero-order chi connectivity index (χ0) is 12.3. The molecule has 0 N–H and O–H groups in total. The van der Waals surface area contributed by atoms with Crippen LogP contribution in [0.25, 0.3) is 0 Å². The molecule has 2 rings (SSSR count). The van der Waals surface area contributed by atoms with E-state index in [4.69, 9.17) is 16.3 Å². The lowest BCUT2D eigenvalue weighted by atomic mass is 10.2. The van der Waals surface area contributed by atoms with Crippen molar-refractivity contribution in [2.24, 2.45) is 0 Å². The van der Waals surface area contributed by atoms with Crippen molar-refractivity contribution in [3.8, 4) is 0 Å². The van der Waals surface area contributed by atoms with Crippen molar-refractivity contribution < 1.29 is 13.9 Å². The van der Waals surface area contributed by atoms with Gasteiger partial charge in [0.1, 0.15) is 12.4 Å². The predicted octanol–water partition coefficient (Wildman–Crippen LogP) is 3.29. The average Bonchev–Trinajstić information content (AvgIpc) is 2.81. The minimum Gasteiger partial charge on any atom is -0.455 e. The summed E-state index contributed by atoms with van der Waals surface area (Å²) in [6, 6.07) is 4.19. The first-order valence-electron chi connectivity index (χ1n) is 4.67. The summed E-state index contributed by atoms with van der Waals surface area (Å²) >= 11 is 6.78. The molecule has 0 bridgehead atoms. The maximum atomic E-state index is 13.4. The first-order chi connectivity index (χ1) is 8.16. The van der Waals surface area contributed by atoms with Crippen LogP contribution in [-0.2, 0) is 11.3 Å². The average molecular weight is 272 g/mol. The first kappa shape index (κ1) is 12.0. The van der Waals surface area contributed by atoms with Crippen molar-refractivity contribution in [2.75, 3.05) is 0 Å². The number of thiazole rings is 1. The Morgan fingerprint density at radius 3 is 3.00 bits per heavy atom. The van der Waals surface area contributed by atoms with E-state index in [9.17, 15) is 9.18 Å². The Labute approximate surface area is 106 Å². The third-order valence-electron chi connectivity index (χ3n) is 1.98. The minimum atomic E-state index is -0.561. The number of nitrogens with zero attached hydrogens (tertiary/aromatic N) is 1. The van der Waals surface area contributed by atoms with Crippen LogP contribution in [0.15, 0.2) is 29.8 Å². The van der Waals surface area contributed by atoms with Crippen LogP contribution in [0.4, 0.5) is 4.39 Å². The van der Waals surface area contributed by atoms with Crippen molar-refractivity contribution in [3.05, 3.63) is 51.2 Å². The summed E-state index contributed by atoms with van der Waals surface area (Å²) in [7, 11) is 0. The second-order valence-electron chi connectivity index (χ2n) is 3.15. The van der Waals surface area contributed by atoms with Gasteiger partial charge in [0.25, 0.3) is 0 Å². The van der Waals surface area contributed by atoms with Gasteiger partial charge in [-0.3, -0.25) is 0 Å². The molecule has 3 nitrogen and oxygen atoms in total. The van der Waals surface area contributed by atoms with Crippen LogP contribution in [0.1, 0.15) is 15.4 Å². The molecule has 0 saturated carbocycles. The Morgan fingerprint density at radius 2 is 2.35 bits per heavy atom. The standard InChI is InChI=1S/C11H7ClFNO2S/c12-8-2-1-7(9(13)5-8)6-16-11(15)10-14-3-4-17-10/h1-5H,6H2. The summed E-state index contributed by atoms with van der Waals surface area (Å²) in [5.41, 5.74) is 0.277. The number of hydrogen-bond donors (Lipinski definition) is 0. The van der Waals surface area contributed by atoms with Crippen LogP contribution in [0.5, 0.6) is 0 Å². The Kier molecular flexibility index (Phi) is 3.71. The highest BCUT2D eigenvalue weighted by atomic mass is 35.5. The third kappa shape index (κ3) is 3.01. The molecule has 1 heterocycles.